The Morgan fingerprint density at radius 3 is 2.69 bits per heavy atom. The highest BCUT2D eigenvalue weighted by Crippen LogP contribution is 2.45. The Bertz CT molecular complexity index is 1230. The van der Waals surface area contributed by atoms with E-state index in [1.54, 1.807) is 17.2 Å². The van der Waals surface area contributed by atoms with Crippen LogP contribution in [0, 0.1) is 13.8 Å². The summed E-state index contributed by atoms with van der Waals surface area (Å²) in [7, 11) is 0. The first-order valence-corrected chi connectivity index (χ1v) is 10.9. The van der Waals surface area contributed by atoms with Crippen molar-refractivity contribution < 1.29 is 14.0 Å². The van der Waals surface area contributed by atoms with Crippen LogP contribution in [0.15, 0.2) is 76.5 Å². The van der Waals surface area contributed by atoms with E-state index in [9.17, 15) is 9.59 Å². The Labute approximate surface area is 186 Å². The number of Topliss-reactive ketones (excluding diaryl/α,β-unsaturated/α-hetero) is 1. The summed E-state index contributed by atoms with van der Waals surface area (Å²) in [6.45, 7) is 4.05. The number of carbonyl (C=O) groups is 2. The molecule has 0 saturated heterocycles. The number of carbonyl (C=O) groups excluding carboxylic acids is 2. The van der Waals surface area contributed by atoms with Crippen LogP contribution in [0.5, 0.6) is 0 Å². The number of para-hydroxylation sites is 2. The summed E-state index contributed by atoms with van der Waals surface area (Å²) < 4.78 is 5.77. The van der Waals surface area contributed by atoms with Crippen LogP contribution in [0.4, 0.5) is 21.9 Å². The van der Waals surface area contributed by atoms with Crippen LogP contribution in [0.3, 0.4) is 0 Å². The summed E-state index contributed by atoms with van der Waals surface area (Å²) in [5.74, 6) is 0.596. The van der Waals surface area contributed by atoms with Crippen molar-refractivity contribution in [3.05, 3.63) is 89.0 Å². The minimum Gasteiger partial charge on any atom is -0.467 e. The van der Waals surface area contributed by atoms with Crippen LogP contribution in [-0.4, -0.2) is 11.8 Å². The molecule has 2 aromatic carbocycles. The smallest absolute Gasteiger partial charge is 0.327 e. The Kier molecular flexibility index (Phi) is 5.05. The molecule has 2 amide bonds. The maximum absolute atomic E-state index is 13.8. The number of hydrogen-bond donors (Lipinski definition) is 2. The van der Waals surface area contributed by atoms with Gasteiger partial charge >= 0.3 is 6.03 Å². The lowest BCUT2D eigenvalue weighted by Gasteiger charge is -2.32. The summed E-state index contributed by atoms with van der Waals surface area (Å²) in [5.41, 5.74) is 5.89. The monoisotopic (exact) mass is 427 g/mol. The summed E-state index contributed by atoms with van der Waals surface area (Å²) in [6, 6.07) is 16.1. The van der Waals surface area contributed by atoms with Crippen LogP contribution in [0.25, 0.3) is 0 Å². The zero-order valence-corrected chi connectivity index (χ0v) is 18.1. The van der Waals surface area contributed by atoms with Crippen LogP contribution in [0.1, 0.15) is 42.2 Å². The number of furan rings is 1. The zero-order valence-electron chi connectivity index (χ0n) is 18.1. The maximum atomic E-state index is 13.8. The predicted octanol–water partition coefficient (Wildman–Crippen LogP) is 6.11. The number of rotatable bonds is 2. The molecular weight excluding hydrogens is 402 g/mol. The molecule has 2 N–H and O–H groups in total. The molecule has 0 radical (unpaired) electrons. The molecular formula is C26H25N3O3. The highest BCUT2D eigenvalue weighted by Gasteiger charge is 2.41. The number of nitrogens with one attached hydrogen (secondary N) is 2. The zero-order chi connectivity index (χ0) is 22.2. The van der Waals surface area contributed by atoms with Crippen LogP contribution < -0.4 is 15.5 Å². The van der Waals surface area contributed by atoms with Crippen molar-refractivity contribution in [1.82, 2.24) is 0 Å². The topological polar surface area (TPSA) is 74.6 Å². The number of anilines is 3. The van der Waals surface area contributed by atoms with Crippen molar-refractivity contribution in [2.75, 3.05) is 15.5 Å². The second kappa shape index (κ2) is 8.04. The fraction of sp³-hybridized carbons (Fsp3) is 0.231. The number of nitrogens with zero attached hydrogens (tertiary/aromatic N) is 1. The van der Waals surface area contributed by atoms with Gasteiger partial charge in [0.25, 0.3) is 0 Å². The van der Waals surface area contributed by atoms with Crippen molar-refractivity contribution >= 4 is 28.9 Å². The van der Waals surface area contributed by atoms with E-state index in [0.29, 0.717) is 29.1 Å². The average Bonchev–Trinajstić information content (AvgIpc) is 3.25. The predicted molar refractivity (Wildman–Crippen MR) is 125 cm³/mol. The van der Waals surface area contributed by atoms with Gasteiger partial charge in [-0.2, -0.15) is 0 Å². The quantitative estimate of drug-likeness (QED) is 0.517. The molecule has 0 spiro atoms. The molecule has 6 nitrogen and oxygen atoms in total. The van der Waals surface area contributed by atoms with Gasteiger partial charge in [0.2, 0.25) is 0 Å². The third-order valence-corrected chi connectivity index (χ3v) is 6.23. The third-order valence-electron chi connectivity index (χ3n) is 6.23. The normalized spacial score (nSPS) is 17.9. The molecule has 1 aliphatic carbocycles. The van der Waals surface area contributed by atoms with Crippen LogP contribution >= 0.6 is 0 Å². The highest BCUT2D eigenvalue weighted by atomic mass is 16.3. The van der Waals surface area contributed by atoms with E-state index in [4.69, 9.17) is 4.42 Å². The molecule has 3 aromatic rings. The number of urea groups is 1. The maximum Gasteiger partial charge on any atom is 0.327 e. The van der Waals surface area contributed by atoms with Crippen molar-refractivity contribution in [2.45, 2.75) is 39.2 Å². The molecule has 1 aromatic heterocycles. The van der Waals surface area contributed by atoms with Crippen molar-refractivity contribution in [3.63, 3.8) is 0 Å². The Morgan fingerprint density at radius 2 is 1.91 bits per heavy atom. The molecule has 162 valence electrons. The molecule has 1 aliphatic heterocycles. The molecule has 5 rings (SSSR count). The van der Waals surface area contributed by atoms with E-state index in [1.165, 1.54) is 0 Å². The van der Waals surface area contributed by atoms with E-state index in [0.717, 1.165) is 35.4 Å². The van der Waals surface area contributed by atoms with E-state index < -0.39 is 6.04 Å². The van der Waals surface area contributed by atoms with Gasteiger partial charge in [0.05, 0.1) is 17.6 Å². The summed E-state index contributed by atoms with van der Waals surface area (Å²) >= 11 is 0. The number of ketones is 1. The molecule has 0 bridgehead atoms. The minimum atomic E-state index is -0.657. The SMILES string of the molecule is Cc1ccc(NC(=O)N2c3ccccc3NC3=C(C(=O)CCC3)[C@H]2c2ccco2)cc1C. The van der Waals surface area contributed by atoms with Gasteiger partial charge < -0.3 is 15.1 Å². The second-order valence-corrected chi connectivity index (χ2v) is 8.33. The number of fused-ring (bicyclic) bond motifs is 1. The van der Waals surface area contributed by atoms with Crippen molar-refractivity contribution in [3.8, 4) is 0 Å². The fourth-order valence-electron chi connectivity index (χ4n) is 4.48. The van der Waals surface area contributed by atoms with Gasteiger partial charge in [-0.3, -0.25) is 9.69 Å². The number of allylic oxidation sites excluding steroid dienone is 1. The number of hydrogen-bond acceptors (Lipinski definition) is 4. The van der Waals surface area contributed by atoms with Gasteiger partial charge in [-0.1, -0.05) is 18.2 Å². The Hall–Kier alpha value is -3.80. The van der Waals surface area contributed by atoms with E-state index in [1.807, 2.05) is 62.4 Å². The van der Waals surface area contributed by atoms with E-state index >= 15 is 0 Å². The van der Waals surface area contributed by atoms with Gasteiger partial charge in [-0.15, -0.1) is 0 Å². The molecule has 32 heavy (non-hydrogen) atoms. The molecule has 0 saturated carbocycles. The lowest BCUT2D eigenvalue weighted by molar-refractivity contribution is -0.116. The molecule has 2 heterocycles. The molecule has 2 aliphatic rings. The average molecular weight is 428 g/mol. The van der Waals surface area contributed by atoms with Crippen molar-refractivity contribution in [2.24, 2.45) is 0 Å². The number of amides is 2. The highest BCUT2D eigenvalue weighted by molar-refractivity contribution is 6.09. The third kappa shape index (κ3) is 3.47. The number of benzene rings is 2. The van der Waals surface area contributed by atoms with Gasteiger partial charge in [0, 0.05) is 23.4 Å². The Morgan fingerprint density at radius 1 is 1.06 bits per heavy atom. The van der Waals surface area contributed by atoms with Gasteiger partial charge in [0.1, 0.15) is 11.8 Å². The molecule has 1 atom stereocenters. The first-order valence-electron chi connectivity index (χ1n) is 10.9. The van der Waals surface area contributed by atoms with Crippen molar-refractivity contribution in [1.29, 1.82) is 0 Å². The van der Waals surface area contributed by atoms with Crippen LogP contribution in [-0.2, 0) is 4.79 Å². The van der Waals surface area contributed by atoms with E-state index in [-0.39, 0.29) is 11.8 Å². The lowest BCUT2D eigenvalue weighted by Crippen LogP contribution is -2.40. The standard InChI is InChI=1S/C26H25N3O3/c1-16-12-13-18(15-17(16)2)27-26(31)29-21-9-4-3-7-19(21)28-20-8-5-10-22(30)24(20)25(29)23-11-6-14-32-23/h3-4,6-7,9,11-15,25,28H,5,8,10H2,1-2H3,(H,27,31)/t25-/m1/s1. The second-order valence-electron chi connectivity index (χ2n) is 8.33. The van der Waals surface area contributed by atoms with Gasteiger partial charge in [-0.25, -0.2) is 4.79 Å². The van der Waals surface area contributed by atoms with Gasteiger partial charge in [-0.05, 0) is 74.2 Å². The summed E-state index contributed by atoms with van der Waals surface area (Å²) in [6.07, 6.45) is 3.57. The minimum absolute atomic E-state index is 0.0388. The van der Waals surface area contributed by atoms with Gasteiger partial charge in [0.15, 0.2) is 5.78 Å². The Balaban J connectivity index is 1.66. The molecule has 6 heteroatoms. The first kappa shape index (κ1) is 20.1. The largest absolute Gasteiger partial charge is 0.467 e. The van der Waals surface area contributed by atoms with Crippen LogP contribution in [0.2, 0.25) is 0 Å². The molecule has 0 unspecified atom stereocenters. The summed E-state index contributed by atoms with van der Waals surface area (Å²) in [5, 5.41) is 6.48. The summed E-state index contributed by atoms with van der Waals surface area (Å²) in [4.78, 5) is 28.6. The fourth-order valence-corrected chi connectivity index (χ4v) is 4.48. The van der Waals surface area contributed by atoms with E-state index in [2.05, 4.69) is 10.6 Å². The molecule has 0 fully saturated rings. The number of aryl methyl sites for hydroxylation is 2. The first-order chi connectivity index (χ1) is 15.5. The lowest BCUT2D eigenvalue weighted by atomic mass is 9.88.